The van der Waals surface area contributed by atoms with E-state index in [2.05, 4.69) is 10.0 Å². The van der Waals surface area contributed by atoms with Crippen molar-refractivity contribution >= 4 is 21.9 Å². The fourth-order valence-corrected chi connectivity index (χ4v) is 3.76. The summed E-state index contributed by atoms with van der Waals surface area (Å²) >= 11 is 0. The lowest BCUT2D eigenvalue weighted by Crippen LogP contribution is -2.43. The van der Waals surface area contributed by atoms with Crippen LogP contribution in [-0.4, -0.2) is 38.0 Å². The number of amides is 1. The molecule has 0 spiro atoms. The molecule has 8 nitrogen and oxygen atoms in total. The highest BCUT2D eigenvalue weighted by molar-refractivity contribution is 7.89. The van der Waals surface area contributed by atoms with Crippen LogP contribution in [0.25, 0.3) is 0 Å². The van der Waals surface area contributed by atoms with Crippen LogP contribution in [0.1, 0.15) is 45.6 Å². The van der Waals surface area contributed by atoms with Crippen LogP contribution in [0, 0.1) is 0 Å². The Balaban J connectivity index is 3.04. The molecule has 0 fully saturated rings. The van der Waals surface area contributed by atoms with Crippen molar-refractivity contribution in [1.29, 1.82) is 0 Å². The maximum atomic E-state index is 12.7. The monoisotopic (exact) mass is 386 g/mol. The van der Waals surface area contributed by atoms with E-state index in [0.717, 1.165) is 0 Å². The van der Waals surface area contributed by atoms with Gasteiger partial charge in [-0.2, -0.15) is 0 Å². The van der Waals surface area contributed by atoms with E-state index in [1.807, 2.05) is 0 Å². The molecule has 3 N–H and O–H groups in total. The second-order valence-corrected chi connectivity index (χ2v) is 8.17. The summed E-state index contributed by atoms with van der Waals surface area (Å²) in [4.78, 5) is 22.2. The molecule has 26 heavy (non-hydrogen) atoms. The zero-order valence-electron chi connectivity index (χ0n) is 15.5. The molecule has 0 atom stereocenters. The third-order valence-corrected chi connectivity index (χ3v) is 5.43. The van der Waals surface area contributed by atoms with Crippen LogP contribution in [0.2, 0.25) is 0 Å². The Morgan fingerprint density at radius 1 is 1.27 bits per heavy atom. The van der Waals surface area contributed by atoms with Crippen molar-refractivity contribution in [2.75, 3.05) is 7.11 Å². The van der Waals surface area contributed by atoms with E-state index in [0.29, 0.717) is 17.7 Å². The van der Waals surface area contributed by atoms with Gasteiger partial charge in [-0.1, -0.05) is 6.92 Å². The predicted octanol–water partition coefficient (Wildman–Crippen LogP) is 1.64. The minimum absolute atomic E-state index is 0.0162. The maximum Gasteiger partial charge on any atom is 0.303 e. The molecule has 0 saturated heterocycles. The van der Waals surface area contributed by atoms with E-state index in [9.17, 15) is 18.0 Å². The Labute approximate surface area is 154 Å². The molecular formula is C17H26N2O6S. The van der Waals surface area contributed by atoms with Crippen LogP contribution < -0.4 is 14.8 Å². The number of nitrogens with one attached hydrogen (secondary N) is 2. The first-order valence-electron chi connectivity index (χ1n) is 8.20. The highest BCUT2D eigenvalue weighted by Crippen LogP contribution is 2.24. The van der Waals surface area contributed by atoms with Crippen LogP contribution in [0.5, 0.6) is 5.75 Å². The molecule has 0 bridgehead atoms. The first kappa shape index (κ1) is 21.9. The molecule has 0 aliphatic heterocycles. The van der Waals surface area contributed by atoms with Gasteiger partial charge in [0.25, 0.3) is 0 Å². The minimum Gasteiger partial charge on any atom is -0.496 e. The lowest BCUT2D eigenvalue weighted by atomic mass is 10.0. The quantitative estimate of drug-likeness (QED) is 0.562. The van der Waals surface area contributed by atoms with Gasteiger partial charge in [-0.25, -0.2) is 13.1 Å². The molecule has 1 rings (SSSR count). The first-order chi connectivity index (χ1) is 12.0. The highest BCUT2D eigenvalue weighted by atomic mass is 32.2. The number of carbonyl (C=O) groups is 2. The van der Waals surface area contributed by atoms with Gasteiger partial charge in [0, 0.05) is 30.5 Å². The number of carbonyl (C=O) groups excluding carboxylic acids is 1. The summed E-state index contributed by atoms with van der Waals surface area (Å²) in [6, 6.07) is 4.36. The normalized spacial score (nSPS) is 11.8. The molecule has 0 aromatic heterocycles. The van der Waals surface area contributed by atoms with Gasteiger partial charge in [0.05, 0.1) is 12.0 Å². The lowest BCUT2D eigenvalue weighted by molar-refractivity contribution is -0.137. The van der Waals surface area contributed by atoms with Gasteiger partial charge < -0.3 is 15.2 Å². The van der Waals surface area contributed by atoms with Crippen LogP contribution in [0.15, 0.2) is 23.1 Å². The van der Waals surface area contributed by atoms with Crippen molar-refractivity contribution in [2.24, 2.45) is 0 Å². The van der Waals surface area contributed by atoms with Crippen molar-refractivity contribution in [2.45, 2.75) is 57.0 Å². The van der Waals surface area contributed by atoms with E-state index in [-0.39, 0.29) is 30.2 Å². The largest absolute Gasteiger partial charge is 0.496 e. The third-order valence-electron chi connectivity index (χ3n) is 3.73. The van der Waals surface area contributed by atoms with Crippen molar-refractivity contribution in [1.82, 2.24) is 10.0 Å². The van der Waals surface area contributed by atoms with Gasteiger partial charge >= 0.3 is 5.97 Å². The molecule has 0 radical (unpaired) electrons. The molecule has 1 amide bonds. The van der Waals surface area contributed by atoms with E-state index in [1.54, 1.807) is 20.8 Å². The predicted molar refractivity (Wildman–Crippen MR) is 96.4 cm³/mol. The Bertz CT molecular complexity index is 759. The van der Waals surface area contributed by atoms with Crippen molar-refractivity contribution < 1.29 is 27.9 Å². The number of sulfonamides is 1. The summed E-state index contributed by atoms with van der Waals surface area (Å²) in [5.41, 5.74) is -0.395. The Kier molecular flexibility index (Phi) is 7.58. The van der Waals surface area contributed by atoms with Crippen LogP contribution in [-0.2, 0) is 26.2 Å². The number of ether oxygens (including phenoxy) is 1. The fourth-order valence-electron chi connectivity index (χ4n) is 2.27. The number of hydrogen-bond donors (Lipinski definition) is 3. The highest BCUT2D eigenvalue weighted by Gasteiger charge is 2.27. The molecule has 1 aromatic carbocycles. The summed E-state index contributed by atoms with van der Waals surface area (Å²) in [7, 11) is -2.41. The number of methoxy groups -OCH3 is 1. The summed E-state index contributed by atoms with van der Waals surface area (Å²) in [5.74, 6) is -0.686. The van der Waals surface area contributed by atoms with E-state index in [4.69, 9.17) is 9.84 Å². The third kappa shape index (κ3) is 6.64. The van der Waals surface area contributed by atoms with Crippen LogP contribution in [0.4, 0.5) is 0 Å². The van der Waals surface area contributed by atoms with Gasteiger partial charge in [0.15, 0.2) is 0 Å². The lowest BCUT2D eigenvalue weighted by Gasteiger charge is -2.25. The van der Waals surface area contributed by atoms with E-state index < -0.39 is 21.5 Å². The zero-order valence-corrected chi connectivity index (χ0v) is 16.3. The standard InChI is InChI=1S/C17H26N2O6S/c1-5-15(20)18-11-12-10-13(6-7-14(12)25-4)26(23,24)19-17(2,3)9-8-16(21)22/h6-7,10,19H,5,8-9,11H2,1-4H3,(H,18,20)(H,21,22). The maximum absolute atomic E-state index is 12.7. The molecule has 1 aromatic rings. The van der Waals surface area contributed by atoms with Crippen LogP contribution >= 0.6 is 0 Å². The molecule has 9 heteroatoms. The Morgan fingerprint density at radius 3 is 2.46 bits per heavy atom. The smallest absolute Gasteiger partial charge is 0.303 e. The molecular weight excluding hydrogens is 360 g/mol. The van der Waals surface area contributed by atoms with Crippen molar-refractivity contribution in [3.05, 3.63) is 23.8 Å². The summed E-state index contributed by atoms with van der Waals surface area (Å²) in [6.07, 6.45) is 0.323. The molecule has 146 valence electrons. The summed E-state index contributed by atoms with van der Waals surface area (Å²) in [5, 5.41) is 11.5. The Morgan fingerprint density at radius 2 is 1.92 bits per heavy atom. The van der Waals surface area contributed by atoms with E-state index in [1.165, 1.54) is 25.3 Å². The Hall–Kier alpha value is -2.13. The van der Waals surface area contributed by atoms with Gasteiger partial charge in [-0.3, -0.25) is 9.59 Å². The fraction of sp³-hybridized carbons (Fsp3) is 0.529. The number of rotatable bonds is 10. The van der Waals surface area contributed by atoms with Gasteiger partial charge in [0.1, 0.15) is 5.75 Å². The van der Waals surface area contributed by atoms with E-state index >= 15 is 0 Å². The number of aliphatic carboxylic acids is 1. The molecule has 0 unspecified atom stereocenters. The van der Waals surface area contributed by atoms with Gasteiger partial charge in [-0.15, -0.1) is 0 Å². The SMILES string of the molecule is CCC(=O)NCc1cc(S(=O)(=O)NC(C)(C)CCC(=O)O)ccc1OC. The zero-order chi connectivity index (χ0) is 20.0. The topological polar surface area (TPSA) is 122 Å². The summed E-state index contributed by atoms with van der Waals surface area (Å²) in [6.45, 7) is 5.11. The molecule has 0 aliphatic rings. The number of carboxylic acid groups (broad SMARTS) is 1. The molecule has 0 heterocycles. The first-order valence-corrected chi connectivity index (χ1v) is 9.68. The average Bonchev–Trinajstić information content (AvgIpc) is 2.56. The van der Waals surface area contributed by atoms with Crippen molar-refractivity contribution in [3.8, 4) is 5.75 Å². The number of carboxylic acids is 1. The minimum atomic E-state index is -3.87. The second kappa shape index (κ2) is 9.00. The molecule has 0 saturated carbocycles. The molecule has 0 aliphatic carbocycles. The van der Waals surface area contributed by atoms with Crippen molar-refractivity contribution in [3.63, 3.8) is 0 Å². The average molecular weight is 386 g/mol. The summed E-state index contributed by atoms with van der Waals surface area (Å²) < 4.78 is 33.0. The number of benzene rings is 1. The van der Waals surface area contributed by atoms with Gasteiger partial charge in [0.2, 0.25) is 15.9 Å². The number of hydrogen-bond acceptors (Lipinski definition) is 5. The second-order valence-electron chi connectivity index (χ2n) is 6.49. The van der Waals surface area contributed by atoms with Gasteiger partial charge in [-0.05, 0) is 38.5 Å². The van der Waals surface area contributed by atoms with Crippen LogP contribution in [0.3, 0.4) is 0 Å².